The van der Waals surface area contributed by atoms with Gasteiger partial charge in [-0.3, -0.25) is 14.6 Å². The van der Waals surface area contributed by atoms with E-state index in [1.165, 1.54) is 12.3 Å². The largest absolute Gasteiger partial charge is 0.497 e. The number of carbonyl (C=O) groups is 2. The van der Waals surface area contributed by atoms with Crippen LogP contribution in [0.2, 0.25) is 5.02 Å². The van der Waals surface area contributed by atoms with Crippen LogP contribution in [0, 0.1) is 17.0 Å². The first-order valence-corrected chi connectivity index (χ1v) is 13.5. The number of carbonyl (C=O) groups excluding carboxylic acids is 1. The third-order valence-electron chi connectivity index (χ3n) is 6.41. The van der Waals surface area contributed by atoms with Crippen LogP contribution >= 0.6 is 34.7 Å². The monoisotopic (exact) mass is 536 g/mol. The molecular formula is C25H26ClFN2O4S2. The molecule has 1 aliphatic rings. The van der Waals surface area contributed by atoms with Gasteiger partial charge in [0.05, 0.1) is 27.8 Å². The van der Waals surface area contributed by atoms with Crippen LogP contribution in [-0.4, -0.2) is 59.2 Å². The zero-order valence-corrected chi connectivity index (χ0v) is 21.6. The summed E-state index contributed by atoms with van der Waals surface area (Å²) in [6.45, 7) is 1.96. The maximum Gasteiger partial charge on any atom is 0.308 e. The topological polar surface area (TPSA) is 79.7 Å². The van der Waals surface area contributed by atoms with Crippen LogP contribution in [0.15, 0.2) is 40.7 Å². The fourth-order valence-electron chi connectivity index (χ4n) is 4.55. The third kappa shape index (κ3) is 6.33. The fourth-order valence-corrected chi connectivity index (χ4v) is 6.71. The highest BCUT2D eigenvalue weighted by Gasteiger charge is 2.34. The Bertz CT molecular complexity index is 1220. The number of pyridine rings is 1. The number of ketones is 1. The lowest BCUT2D eigenvalue weighted by Crippen LogP contribution is -2.44. The molecule has 2 unspecified atom stereocenters. The summed E-state index contributed by atoms with van der Waals surface area (Å²) in [7, 11) is 1.56. The van der Waals surface area contributed by atoms with Gasteiger partial charge in [-0.15, -0.1) is 11.8 Å². The van der Waals surface area contributed by atoms with E-state index in [2.05, 4.69) is 9.88 Å². The molecule has 186 valence electrons. The molecule has 4 rings (SSSR count). The van der Waals surface area contributed by atoms with E-state index >= 15 is 0 Å². The number of thioether (sulfide) groups is 1. The Hall–Kier alpha value is -2.20. The lowest BCUT2D eigenvalue weighted by molar-refractivity contribution is -0.146. The molecule has 0 radical (unpaired) electrons. The summed E-state index contributed by atoms with van der Waals surface area (Å²) in [4.78, 5) is 31.7. The number of Topliss-reactive ketones (excluding diaryl/α,β-unsaturated/α-hetero) is 1. The molecule has 2 atom stereocenters. The minimum Gasteiger partial charge on any atom is -0.497 e. The van der Waals surface area contributed by atoms with Crippen molar-refractivity contribution in [3.63, 3.8) is 0 Å². The van der Waals surface area contributed by atoms with E-state index in [4.69, 9.17) is 16.3 Å². The second-order valence-corrected chi connectivity index (χ2v) is 11.4. The highest BCUT2D eigenvalue weighted by Crippen LogP contribution is 2.33. The Morgan fingerprint density at radius 2 is 2.17 bits per heavy atom. The Labute approximate surface area is 216 Å². The predicted molar refractivity (Wildman–Crippen MR) is 138 cm³/mol. The molecule has 1 fully saturated rings. The van der Waals surface area contributed by atoms with Crippen molar-refractivity contribution in [2.75, 3.05) is 32.5 Å². The molecule has 0 bridgehead atoms. The molecule has 10 heteroatoms. The molecule has 3 heterocycles. The molecule has 1 N–H and O–H groups in total. The van der Waals surface area contributed by atoms with E-state index in [1.54, 1.807) is 43.1 Å². The molecule has 1 saturated heterocycles. The van der Waals surface area contributed by atoms with Crippen LogP contribution in [0.1, 0.15) is 29.6 Å². The van der Waals surface area contributed by atoms with Gasteiger partial charge in [0, 0.05) is 42.4 Å². The van der Waals surface area contributed by atoms with Gasteiger partial charge in [-0.25, -0.2) is 0 Å². The van der Waals surface area contributed by atoms with Crippen molar-refractivity contribution >= 4 is 57.4 Å². The minimum absolute atomic E-state index is 0.0897. The van der Waals surface area contributed by atoms with Crippen LogP contribution < -0.4 is 4.74 Å². The number of carboxylic acid groups (broad SMARTS) is 1. The number of likely N-dealkylation sites (tertiary alicyclic amines) is 1. The van der Waals surface area contributed by atoms with Gasteiger partial charge in [0.1, 0.15) is 5.75 Å². The van der Waals surface area contributed by atoms with Crippen molar-refractivity contribution in [3.8, 4) is 5.75 Å². The van der Waals surface area contributed by atoms with E-state index in [1.807, 2.05) is 0 Å². The Morgan fingerprint density at radius 3 is 2.89 bits per heavy atom. The number of halogens is 2. The standard InChI is InChI=1S/C25H26ClFN2O4S2/c1-33-16-3-4-20-17(12-16)24(19(26)13-28-20)21(30)5-2-15-8-9-29(14-18(15)25(31)32)10-11-34-23-7-6-22(27)35-23/h3-4,6-7,12-13,15,18H,2,5,8-11,14H2,1H3,(H,31,32). The molecule has 1 aromatic carbocycles. The summed E-state index contributed by atoms with van der Waals surface area (Å²) in [5.41, 5.74) is 1.06. The summed E-state index contributed by atoms with van der Waals surface area (Å²) in [5, 5.41) is 10.6. The third-order valence-corrected chi connectivity index (χ3v) is 8.77. The van der Waals surface area contributed by atoms with Gasteiger partial charge < -0.3 is 14.7 Å². The molecule has 35 heavy (non-hydrogen) atoms. The van der Waals surface area contributed by atoms with Gasteiger partial charge in [-0.1, -0.05) is 22.9 Å². The van der Waals surface area contributed by atoms with Gasteiger partial charge in [0.2, 0.25) is 0 Å². The Balaban J connectivity index is 1.37. The molecular weight excluding hydrogens is 511 g/mol. The number of fused-ring (bicyclic) bond motifs is 1. The van der Waals surface area contributed by atoms with Gasteiger partial charge in [-0.2, -0.15) is 4.39 Å². The average Bonchev–Trinajstić information content (AvgIpc) is 3.27. The first kappa shape index (κ1) is 25.9. The number of aromatic nitrogens is 1. The number of aliphatic carboxylic acids is 1. The Morgan fingerprint density at radius 1 is 1.34 bits per heavy atom. The minimum atomic E-state index is -0.836. The van der Waals surface area contributed by atoms with E-state index in [9.17, 15) is 19.1 Å². The number of piperidine rings is 1. The average molecular weight is 537 g/mol. The number of methoxy groups -OCH3 is 1. The smallest absolute Gasteiger partial charge is 0.308 e. The first-order valence-electron chi connectivity index (χ1n) is 11.3. The van der Waals surface area contributed by atoms with Crippen molar-refractivity contribution in [2.45, 2.75) is 23.5 Å². The van der Waals surface area contributed by atoms with Crippen LogP contribution in [0.25, 0.3) is 10.9 Å². The predicted octanol–water partition coefficient (Wildman–Crippen LogP) is 5.88. The number of thiophene rings is 1. The lowest BCUT2D eigenvalue weighted by Gasteiger charge is -2.36. The zero-order valence-electron chi connectivity index (χ0n) is 19.2. The van der Waals surface area contributed by atoms with E-state index < -0.39 is 11.9 Å². The number of rotatable bonds is 10. The van der Waals surface area contributed by atoms with Crippen molar-refractivity contribution in [2.24, 2.45) is 11.8 Å². The van der Waals surface area contributed by atoms with Crippen LogP contribution in [-0.2, 0) is 4.79 Å². The summed E-state index contributed by atoms with van der Waals surface area (Å²) < 4.78 is 19.4. The van der Waals surface area contributed by atoms with E-state index in [-0.39, 0.29) is 28.3 Å². The van der Waals surface area contributed by atoms with Crippen LogP contribution in [0.3, 0.4) is 0 Å². The fraction of sp³-hybridized carbons (Fsp3) is 0.400. The van der Waals surface area contributed by atoms with Crippen molar-refractivity contribution in [1.82, 2.24) is 9.88 Å². The molecule has 6 nitrogen and oxygen atoms in total. The second kappa shape index (κ2) is 11.7. The van der Waals surface area contributed by atoms with Gasteiger partial charge in [0.25, 0.3) is 0 Å². The number of hydrogen-bond donors (Lipinski definition) is 1. The van der Waals surface area contributed by atoms with Gasteiger partial charge in [-0.05, 0) is 55.6 Å². The first-order chi connectivity index (χ1) is 16.9. The highest BCUT2D eigenvalue weighted by atomic mass is 35.5. The summed E-state index contributed by atoms with van der Waals surface area (Å²) in [6, 6.07) is 8.54. The molecule has 1 aliphatic heterocycles. The van der Waals surface area contributed by atoms with Gasteiger partial charge in [0.15, 0.2) is 10.9 Å². The highest BCUT2D eigenvalue weighted by molar-refractivity contribution is 8.01. The number of benzene rings is 1. The van der Waals surface area contributed by atoms with Gasteiger partial charge >= 0.3 is 5.97 Å². The quantitative estimate of drug-likeness (QED) is 0.256. The van der Waals surface area contributed by atoms with Crippen LogP contribution in [0.5, 0.6) is 5.75 Å². The van der Waals surface area contributed by atoms with Crippen molar-refractivity contribution in [1.29, 1.82) is 0 Å². The number of ether oxygens (including phenoxy) is 1. The van der Waals surface area contributed by atoms with E-state index in [0.717, 1.165) is 34.4 Å². The SMILES string of the molecule is COc1ccc2ncc(Cl)c(C(=O)CCC3CCN(CCSc4ccc(F)s4)CC3C(=O)O)c2c1. The molecule has 0 amide bonds. The maximum atomic E-state index is 13.2. The van der Waals surface area contributed by atoms with Crippen molar-refractivity contribution < 1.29 is 23.8 Å². The van der Waals surface area contributed by atoms with Crippen molar-refractivity contribution in [3.05, 3.63) is 52.2 Å². The zero-order chi connectivity index (χ0) is 24.9. The molecule has 3 aromatic rings. The maximum absolute atomic E-state index is 13.2. The number of hydrogen-bond acceptors (Lipinski definition) is 7. The van der Waals surface area contributed by atoms with Crippen LogP contribution in [0.4, 0.5) is 4.39 Å². The summed E-state index contributed by atoms with van der Waals surface area (Å²) in [5.74, 6) is -0.207. The van der Waals surface area contributed by atoms with E-state index in [0.29, 0.717) is 41.6 Å². The second-order valence-electron chi connectivity index (χ2n) is 8.53. The molecule has 0 spiro atoms. The summed E-state index contributed by atoms with van der Waals surface area (Å²) >= 11 is 9.06. The number of carboxylic acids is 1. The molecule has 0 aliphatic carbocycles. The number of nitrogens with zero attached hydrogens (tertiary/aromatic N) is 2. The molecule has 0 saturated carbocycles. The summed E-state index contributed by atoms with van der Waals surface area (Å²) in [6.07, 6.45) is 2.88. The normalized spacial score (nSPS) is 18.6. The lowest BCUT2D eigenvalue weighted by atomic mass is 9.81. The Kier molecular flexibility index (Phi) is 8.64. The molecule has 2 aromatic heterocycles.